The monoisotopic (exact) mass is 220 g/mol. The minimum Gasteiger partial charge on any atom is -0.318 e. The molecule has 0 heterocycles. The fourth-order valence-corrected chi connectivity index (χ4v) is 1.56. The van der Waals surface area contributed by atoms with Gasteiger partial charge in [0.05, 0.1) is 0 Å². The number of benzene rings is 1. The van der Waals surface area contributed by atoms with Crippen molar-refractivity contribution in [2.75, 3.05) is 27.7 Å². The van der Waals surface area contributed by atoms with Gasteiger partial charge in [-0.1, -0.05) is 30.3 Å². The molecular formula is C14H24N2. The van der Waals surface area contributed by atoms with Crippen LogP contribution < -0.4 is 5.32 Å². The highest BCUT2D eigenvalue weighted by Gasteiger charge is 2.10. The van der Waals surface area contributed by atoms with Gasteiger partial charge in [0, 0.05) is 12.6 Å². The maximum Gasteiger partial charge on any atom is 0.0254 e. The molecule has 0 saturated heterocycles. The van der Waals surface area contributed by atoms with Crippen LogP contribution >= 0.6 is 0 Å². The topological polar surface area (TPSA) is 15.3 Å². The summed E-state index contributed by atoms with van der Waals surface area (Å²) in [5.74, 6) is 0. The number of likely N-dealkylation sites (N-methyl/N-ethyl adjacent to an activating group) is 2. The highest BCUT2D eigenvalue weighted by atomic mass is 15.1. The predicted molar refractivity (Wildman–Crippen MR) is 72.8 cm³/mol. The second-order valence-corrected chi connectivity index (χ2v) is 3.86. The maximum atomic E-state index is 3.23. The lowest BCUT2D eigenvalue weighted by Crippen LogP contribution is -2.38. The lowest BCUT2D eigenvalue weighted by Gasteiger charge is -2.24. The van der Waals surface area contributed by atoms with Crippen LogP contribution in [0.25, 0.3) is 0 Å². The molecule has 0 aliphatic heterocycles. The predicted octanol–water partition coefficient (Wildman–Crippen LogP) is 2.18. The summed E-state index contributed by atoms with van der Waals surface area (Å²) in [5, 5.41) is 3.23. The molecule has 0 spiro atoms. The van der Waals surface area contributed by atoms with E-state index in [0.29, 0.717) is 6.04 Å². The van der Waals surface area contributed by atoms with Crippen LogP contribution in [0, 0.1) is 0 Å². The van der Waals surface area contributed by atoms with Crippen molar-refractivity contribution < 1.29 is 0 Å². The summed E-state index contributed by atoms with van der Waals surface area (Å²) in [5.41, 5.74) is 1.40. The van der Waals surface area contributed by atoms with E-state index in [-0.39, 0.29) is 0 Å². The molecule has 1 aromatic rings. The first-order valence-electron chi connectivity index (χ1n) is 5.59. The third-order valence-corrected chi connectivity index (χ3v) is 2.48. The van der Waals surface area contributed by atoms with Crippen molar-refractivity contribution in [3.63, 3.8) is 0 Å². The van der Waals surface area contributed by atoms with Crippen LogP contribution in [-0.2, 0) is 6.42 Å². The molecule has 0 aromatic heterocycles. The van der Waals surface area contributed by atoms with Crippen molar-refractivity contribution in [2.45, 2.75) is 12.5 Å². The second-order valence-electron chi connectivity index (χ2n) is 3.86. The SMILES string of the molecule is C=C.CNC[C@H](Cc1ccccc1)N(C)C. The van der Waals surface area contributed by atoms with Gasteiger partial charge in [-0.15, -0.1) is 13.2 Å². The molecule has 1 N–H and O–H groups in total. The van der Waals surface area contributed by atoms with Crippen molar-refractivity contribution in [3.8, 4) is 0 Å². The molecular weight excluding hydrogens is 196 g/mol. The maximum absolute atomic E-state index is 3.23. The van der Waals surface area contributed by atoms with Gasteiger partial charge in [-0.2, -0.15) is 0 Å². The average Bonchev–Trinajstić information content (AvgIpc) is 2.32. The van der Waals surface area contributed by atoms with E-state index < -0.39 is 0 Å². The van der Waals surface area contributed by atoms with E-state index in [1.807, 2.05) is 7.05 Å². The van der Waals surface area contributed by atoms with Crippen molar-refractivity contribution in [2.24, 2.45) is 0 Å². The third kappa shape index (κ3) is 5.69. The molecule has 0 amide bonds. The largest absolute Gasteiger partial charge is 0.318 e. The molecule has 0 saturated carbocycles. The first-order valence-corrected chi connectivity index (χ1v) is 5.59. The Hall–Kier alpha value is -1.12. The van der Waals surface area contributed by atoms with Crippen LogP contribution in [0.3, 0.4) is 0 Å². The van der Waals surface area contributed by atoms with E-state index in [9.17, 15) is 0 Å². The van der Waals surface area contributed by atoms with Crippen LogP contribution in [0.5, 0.6) is 0 Å². The Morgan fingerprint density at radius 1 is 1.19 bits per heavy atom. The van der Waals surface area contributed by atoms with Gasteiger partial charge < -0.3 is 10.2 Å². The number of nitrogens with one attached hydrogen (secondary N) is 1. The summed E-state index contributed by atoms with van der Waals surface area (Å²) in [4.78, 5) is 2.27. The summed E-state index contributed by atoms with van der Waals surface area (Å²) < 4.78 is 0. The van der Waals surface area contributed by atoms with E-state index >= 15 is 0 Å². The molecule has 0 unspecified atom stereocenters. The fraction of sp³-hybridized carbons (Fsp3) is 0.429. The Kier molecular flexibility index (Phi) is 8.49. The molecule has 90 valence electrons. The number of nitrogens with zero attached hydrogens (tertiary/aromatic N) is 1. The lowest BCUT2D eigenvalue weighted by molar-refractivity contribution is 0.286. The Bertz CT molecular complexity index is 257. The van der Waals surface area contributed by atoms with Crippen molar-refractivity contribution in [1.29, 1.82) is 0 Å². The minimum atomic E-state index is 0.572. The zero-order chi connectivity index (χ0) is 12.4. The van der Waals surface area contributed by atoms with Gasteiger partial charge in [0.15, 0.2) is 0 Å². The smallest absolute Gasteiger partial charge is 0.0254 e. The van der Waals surface area contributed by atoms with E-state index in [1.54, 1.807) is 0 Å². The summed E-state index contributed by atoms with van der Waals surface area (Å²) in [6, 6.07) is 11.2. The van der Waals surface area contributed by atoms with E-state index in [1.165, 1.54) is 5.56 Å². The van der Waals surface area contributed by atoms with Crippen LogP contribution in [0.4, 0.5) is 0 Å². The van der Waals surface area contributed by atoms with E-state index in [2.05, 4.69) is 67.8 Å². The highest BCUT2D eigenvalue weighted by molar-refractivity contribution is 5.15. The molecule has 16 heavy (non-hydrogen) atoms. The third-order valence-electron chi connectivity index (χ3n) is 2.48. The summed E-state index contributed by atoms with van der Waals surface area (Å²) >= 11 is 0. The first kappa shape index (κ1) is 14.9. The average molecular weight is 220 g/mol. The fourth-order valence-electron chi connectivity index (χ4n) is 1.56. The molecule has 1 rings (SSSR count). The Morgan fingerprint density at radius 2 is 1.75 bits per heavy atom. The molecule has 0 bridgehead atoms. The van der Waals surface area contributed by atoms with Crippen LogP contribution in [0.15, 0.2) is 43.5 Å². The normalized spacial score (nSPS) is 11.8. The standard InChI is InChI=1S/C12H20N2.C2H4/c1-13-10-12(14(2)3)9-11-7-5-4-6-8-11;1-2/h4-8,12-13H,9-10H2,1-3H3;1-2H2/t12-;/m0./s1. The lowest BCUT2D eigenvalue weighted by atomic mass is 10.1. The second kappa shape index (κ2) is 9.13. The van der Waals surface area contributed by atoms with Crippen molar-refractivity contribution in [3.05, 3.63) is 49.1 Å². The summed E-state index contributed by atoms with van der Waals surface area (Å²) in [6.07, 6.45) is 1.11. The van der Waals surface area contributed by atoms with E-state index in [0.717, 1.165) is 13.0 Å². The van der Waals surface area contributed by atoms with Gasteiger partial charge in [0.25, 0.3) is 0 Å². The van der Waals surface area contributed by atoms with Crippen molar-refractivity contribution in [1.82, 2.24) is 10.2 Å². The zero-order valence-corrected chi connectivity index (χ0v) is 10.7. The van der Waals surface area contributed by atoms with Crippen LogP contribution in [-0.4, -0.2) is 38.6 Å². The van der Waals surface area contributed by atoms with Gasteiger partial charge in [-0.3, -0.25) is 0 Å². The molecule has 2 nitrogen and oxygen atoms in total. The molecule has 1 atom stereocenters. The molecule has 0 aliphatic carbocycles. The highest BCUT2D eigenvalue weighted by Crippen LogP contribution is 2.05. The van der Waals surface area contributed by atoms with Crippen LogP contribution in [0.1, 0.15) is 5.56 Å². The van der Waals surface area contributed by atoms with Gasteiger partial charge >= 0.3 is 0 Å². The molecule has 1 aromatic carbocycles. The number of rotatable bonds is 5. The summed E-state index contributed by atoms with van der Waals surface area (Å²) in [6.45, 7) is 7.03. The van der Waals surface area contributed by atoms with Gasteiger partial charge in [0.2, 0.25) is 0 Å². The Morgan fingerprint density at radius 3 is 2.19 bits per heavy atom. The molecule has 0 aliphatic rings. The quantitative estimate of drug-likeness (QED) is 0.765. The first-order chi connectivity index (χ1) is 7.74. The van der Waals surface area contributed by atoms with Gasteiger partial charge in [-0.05, 0) is 33.1 Å². The van der Waals surface area contributed by atoms with E-state index in [4.69, 9.17) is 0 Å². The zero-order valence-electron chi connectivity index (χ0n) is 10.7. The molecule has 0 radical (unpaired) electrons. The Labute approximate surface area is 100.0 Å². The Balaban J connectivity index is 0.00000106. The van der Waals surface area contributed by atoms with Gasteiger partial charge in [-0.25, -0.2) is 0 Å². The van der Waals surface area contributed by atoms with Crippen LogP contribution in [0.2, 0.25) is 0 Å². The summed E-state index contributed by atoms with van der Waals surface area (Å²) in [7, 11) is 6.26. The van der Waals surface area contributed by atoms with Gasteiger partial charge in [0.1, 0.15) is 0 Å². The van der Waals surface area contributed by atoms with Crippen molar-refractivity contribution >= 4 is 0 Å². The minimum absolute atomic E-state index is 0.572. The molecule has 2 heteroatoms. The number of hydrogen-bond acceptors (Lipinski definition) is 2. The molecule has 0 fully saturated rings. The number of hydrogen-bond donors (Lipinski definition) is 1.